The molecule has 0 aliphatic rings. The summed E-state index contributed by atoms with van der Waals surface area (Å²) in [6.07, 6.45) is 1.15. The standard InChI is InChI=1S/C30H26F2N5O2PS/c1-15(2)39-22-9-8-19(11-23(22)40)27-26-28(32)33-14-34-29(26)37(35-27)17(4)21-12-24-36(16(3)13-41-24)30(38)25(21)18-6-5-7-20(31)10-18/h5-15,17H,40H2,1-4H3/t17-/m0/s1. The highest BCUT2D eigenvalue weighted by molar-refractivity contribution is 7.27. The van der Waals surface area contributed by atoms with Gasteiger partial charge in [0.05, 0.1) is 17.7 Å². The lowest BCUT2D eigenvalue weighted by atomic mass is 9.97. The number of halogens is 2. The summed E-state index contributed by atoms with van der Waals surface area (Å²) in [5.41, 5.74) is 3.23. The number of nitrogens with zero attached hydrogens (tertiary/aromatic N) is 5. The zero-order valence-electron chi connectivity index (χ0n) is 22.7. The summed E-state index contributed by atoms with van der Waals surface area (Å²) in [6, 6.07) is 12.8. The van der Waals surface area contributed by atoms with E-state index < -0.39 is 17.8 Å². The molecule has 0 saturated carbocycles. The van der Waals surface area contributed by atoms with Gasteiger partial charge >= 0.3 is 0 Å². The molecule has 4 heterocycles. The maximum absolute atomic E-state index is 15.3. The van der Waals surface area contributed by atoms with Crippen LogP contribution in [0.5, 0.6) is 5.75 Å². The molecule has 0 fully saturated rings. The highest BCUT2D eigenvalue weighted by Gasteiger charge is 2.26. The summed E-state index contributed by atoms with van der Waals surface area (Å²) < 4.78 is 38.7. The number of ether oxygens (including phenoxy) is 1. The van der Waals surface area contributed by atoms with E-state index in [1.54, 1.807) is 21.2 Å². The van der Waals surface area contributed by atoms with Gasteiger partial charge in [-0.1, -0.05) is 12.1 Å². The number of fused-ring (bicyclic) bond motifs is 2. The molecule has 2 aromatic carbocycles. The van der Waals surface area contributed by atoms with Crippen LogP contribution in [0.15, 0.2) is 65.0 Å². The van der Waals surface area contributed by atoms with Crippen molar-refractivity contribution in [1.82, 2.24) is 24.1 Å². The van der Waals surface area contributed by atoms with Crippen LogP contribution in [0.3, 0.4) is 0 Å². The Labute approximate surface area is 240 Å². The molecule has 1 unspecified atom stereocenters. The average Bonchev–Trinajstić information content (AvgIpc) is 3.51. The van der Waals surface area contributed by atoms with E-state index in [2.05, 4.69) is 19.2 Å². The van der Waals surface area contributed by atoms with E-state index in [0.29, 0.717) is 33.7 Å². The third kappa shape index (κ3) is 4.71. The number of aryl methyl sites for hydroxylation is 1. The second-order valence-corrected chi connectivity index (χ2v) is 11.6. The quantitative estimate of drug-likeness (QED) is 0.168. The summed E-state index contributed by atoms with van der Waals surface area (Å²) >= 11 is 1.44. The lowest BCUT2D eigenvalue weighted by Gasteiger charge is -2.18. The number of aromatic nitrogens is 5. The molecule has 0 bridgehead atoms. The van der Waals surface area contributed by atoms with Crippen molar-refractivity contribution < 1.29 is 13.5 Å². The molecular weight excluding hydrogens is 563 g/mol. The first-order valence-corrected chi connectivity index (χ1v) is 14.4. The van der Waals surface area contributed by atoms with Crippen LogP contribution in [0, 0.1) is 18.7 Å². The van der Waals surface area contributed by atoms with Gasteiger partial charge in [0.2, 0.25) is 5.95 Å². The number of benzene rings is 2. The van der Waals surface area contributed by atoms with E-state index in [1.807, 2.05) is 57.3 Å². The summed E-state index contributed by atoms with van der Waals surface area (Å²) in [4.78, 5) is 22.8. The lowest BCUT2D eigenvalue weighted by molar-refractivity contribution is 0.244. The molecule has 11 heteroatoms. The van der Waals surface area contributed by atoms with Gasteiger partial charge in [0.25, 0.3) is 5.56 Å². The van der Waals surface area contributed by atoms with Crippen molar-refractivity contribution in [1.29, 1.82) is 0 Å². The smallest absolute Gasteiger partial charge is 0.264 e. The molecule has 0 spiro atoms. The number of pyridine rings is 1. The Hall–Kier alpha value is -4.01. The van der Waals surface area contributed by atoms with Gasteiger partial charge in [0.15, 0.2) is 5.65 Å². The van der Waals surface area contributed by atoms with Crippen LogP contribution in [-0.4, -0.2) is 30.3 Å². The van der Waals surface area contributed by atoms with Crippen LogP contribution in [-0.2, 0) is 0 Å². The molecule has 0 aliphatic heterocycles. The highest BCUT2D eigenvalue weighted by Crippen LogP contribution is 2.36. The number of hydrogen-bond acceptors (Lipinski definition) is 6. The predicted octanol–water partition coefficient (Wildman–Crippen LogP) is 6.32. The molecule has 0 saturated heterocycles. The summed E-state index contributed by atoms with van der Waals surface area (Å²) in [5, 5.41) is 7.70. The average molecular weight is 590 g/mol. The third-order valence-corrected chi connectivity index (χ3v) is 8.38. The molecule has 6 rings (SSSR count). The van der Waals surface area contributed by atoms with Crippen molar-refractivity contribution in [2.45, 2.75) is 39.8 Å². The molecule has 0 radical (unpaired) electrons. The van der Waals surface area contributed by atoms with E-state index in [9.17, 15) is 9.18 Å². The van der Waals surface area contributed by atoms with Crippen molar-refractivity contribution in [3.05, 3.63) is 93.6 Å². The molecule has 0 aliphatic carbocycles. The topological polar surface area (TPSA) is 74.3 Å². The fraction of sp³-hybridized carbons (Fsp3) is 0.200. The Bertz CT molecular complexity index is 2020. The molecular formula is C30H26F2N5O2PS. The Kier molecular flexibility index (Phi) is 6.91. The van der Waals surface area contributed by atoms with Crippen molar-refractivity contribution in [3.63, 3.8) is 0 Å². The normalized spacial score (nSPS) is 12.5. The van der Waals surface area contributed by atoms with Crippen molar-refractivity contribution in [2.75, 3.05) is 0 Å². The number of rotatable bonds is 6. The molecule has 2 atom stereocenters. The minimum absolute atomic E-state index is 0.00675. The van der Waals surface area contributed by atoms with Gasteiger partial charge in [-0.2, -0.15) is 9.49 Å². The van der Waals surface area contributed by atoms with Crippen molar-refractivity contribution >= 4 is 41.7 Å². The van der Waals surface area contributed by atoms with Gasteiger partial charge in [-0.05, 0) is 75.2 Å². The van der Waals surface area contributed by atoms with Crippen molar-refractivity contribution in [2.24, 2.45) is 0 Å². The lowest BCUT2D eigenvalue weighted by Crippen LogP contribution is -2.21. The fourth-order valence-corrected chi connectivity index (χ4v) is 6.35. The van der Waals surface area contributed by atoms with Gasteiger partial charge in [0, 0.05) is 21.9 Å². The monoisotopic (exact) mass is 589 g/mol. The predicted molar refractivity (Wildman–Crippen MR) is 161 cm³/mol. The van der Waals surface area contributed by atoms with Crippen LogP contribution < -0.4 is 15.6 Å². The largest absolute Gasteiger partial charge is 0.490 e. The summed E-state index contributed by atoms with van der Waals surface area (Å²) in [6.45, 7) is 7.61. The Morgan fingerprint density at radius 3 is 2.56 bits per heavy atom. The van der Waals surface area contributed by atoms with Crippen LogP contribution in [0.1, 0.15) is 38.1 Å². The molecule has 4 aromatic heterocycles. The first kappa shape index (κ1) is 27.2. The summed E-state index contributed by atoms with van der Waals surface area (Å²) in [7, 11) is 2.65. The highest BCUT2D eigenvalue weighted by atomic mass is 32.1. The molecule has 0 amide bonds. The van der Waals surface area contributed by atoms with Gasteiger partial charge in [-0.15, -0.1) is 20.6 Å². The van der Waals surface area contributed by atoms with Crippen LogP contribution in [0.4, 0.5) is 8.78 Å². The zero-order valence-corrected chi connectivity index (χ0v) is 24.7. The van der Waals surface area contributed by atoms with Gasteiger partial charge in [-0.25, -0.2) is 19.0 Å². The zero-order chi connectivity index (χ0) is 29.0. The molecule has 0 N–H and O–H groups in total. The van der Waals surface area contributed by atoms with E-state index in [4.69, 9.17) is 9.84 Å². The number of hydrogen-bond donors (Lipinski definition) is 0. The second kappa shape index (κ2) is 10.4. The molecule has 6 aromatic rings. The Morgan fingerprint density at radius 1 is 1.02 bits per heavy atom. The molecule has 208 valence electrons. The fourth-order valence-electron chi connectivity index (χ4n) is 5.09. The van der Waals surface area contributed by atoms with E-state index in [1.165, 1.54) is 23.5 Å². The Morgan fingerprint density at radius 2 is 1.83 bits per heavy atom. The van der Waals surface area contributed by atoms with E-state index >= 15 is 4.39 Å². The molecule has 7 nitrogen and oxygen atoms in total. The van der Waals surface area contributed by atoms with Gasteiger partial charge in [0.1, 0.15) is 33.8 Å². The maximum Gasteiger partial charge on any atom is 0.264 e. The molecule has 41 heavy (non-hydrogen) atoms. The minimum Gasteiger partial charge on any atom is -0.490 e. The van der Waals surface area contributed by atoms with Crippen molar-refractivity contribution in [3.8, 4) is 28.1 Å². The van der Waals surface area contributed by atoms with Crippen LogP contribution in [0.25, 0.3) is 38.2 Å². The first-order valence-electron chi connectivity index (χ1n) is 13.0. The first-order chi connectivity index (χ1) is 19.6. The van der Waals surface area contributed by atoms with Crippen LogP contribution >= 0.6 is 20.6 Å². The minimum atomic E-state index is -0.703. The van der Waals surface area contributed by atoms with E-state index in [-0.39, 0.29) is 22.7 Å². The number of thiazole rings is 1. The summed E-state index contributed by atoms with van der Waals surface area (Å²) in [5.74, 6) is -0.458. The van der Waals surface area contributed by atoms with Gasteiger partial charge in [-0.3, -0.25) is 9.20 Å². The third-order valence-electron chi connectivity index (χ3n) is 6.93. The maximum atomic E-state index is 15.3. The van der Waals surface area contributed by atoms with E-state index in [0.717, 1.165) is 22.2 Å². The van der Waals surface area contributed by atoms with Gasteiger partial charge < -0.3 is 4.74 Å². The Balaban J connectivity index is 1.59. The second-order valence-electron chi connectivity index (χ2n) is 10.1. The SMILES string of the molecule is Cc1csc2cc([C@H](C)n3nc(-c4ccc(OC(C)C)c(P)c4)c4c(F)ncnc43)c(-c3cccc(F)c3)c(=O)n12. The van der Waals surface area contributed by atoms with Crippen LogP contribution in [0.2, 0.25) is 0 Å².